The van der Waals surface area contributed by atoms with Crippen LogP contribution in [0.25, 0.3) is 0 Å². The van der Waals surface area contributed by atoms with E-state index in [9.17, 15) is 0 Å². The lowest BCUT2D eigenvalue weighted by atomic mass is 10.2. The van der Waals surface area contributed by atoms with E-state index in [1.165, 1.54) is 16.3 Å². The van der Waals surface area contributed by atoms with Gasteiger partial charge in [-0.3, -0.25) is 0 Å². The molecule has 1 aromatic heterocycles. The Kier molecular flexibility index (Phi) is 9.12. The molecule has 13 rings (SSSR count). The zero-order valence-corrected chi connectivity index (χ0v) is 38.2. The third-order valence-electron chi connectivity index (χ3n) is 13.3. The summed E-state index contributed by atoms with van der Waals surface area (Å²) in [5.41, 5.74) is 11.9. The Balaban J connectivity index is 0.712. The monoisotopic (exact) mass is 919 g/mol. The fourth-order valence-corrected chi connectivity index (χ4v) is 10.0. The van der Waals surface area contributed by atoms with Crippen molar-refractivity contribution in [3.8, 4) is 23.0 Å². The predicted molar refractivity (Wildman–Crippen MR) is 283 cm³/mol. The first-order valence-electron chi connectivity index (χ1n) is 24.8. The third kappa shape index (κ3) is 7.24. The van der Waals surface area contributed by atoms with Gasteiger partial charge in [0.1, 0.15) is 36.3 Å². The van der Waals surface area contributed by atoms with Crippen molar-refractivity contribution in [1.82, 2.24) is 9.97 Å². The standard InChI is InChI=1S/C58H48N10O2/c1-61-37-63(51-25-5-3-23-49(51)61)41-15-11-19-45(31-41)69-47-21-13-17-43(33-47)65-39-67(55-29-9-7-27-53(55)65)57-35-60-58(36-59-57)68-40-66(54-28-8-10-30-56(54)68)44-18-14-22-48(34-44)70-46-20-12-16-42(32-46)64-38-62(2)50-24-4-6-26-52(50)64/h3-36H,37-40H2,1-2H3/i1D3. The van der Waals surface area contributed by atoms with E-state index in [-0.39, 0.29) is 6.67 Å². The van der Waals surface area contributed by atoms with Gasteiger partial charge in [-0.1, -0.05) is 72.8 Å². The second kappa shape index (κ2) is 16.9. The summed E-state index contributed by atoms with van der Waals surface area (Å²) in [4.78, 5) is 27.0. The highest BCUT2D eigenvalue weighted by atomic mass is 16.5. The van der Waals surface area contributed by atoms with Crippen LogP contribution in [0.5, 0.6) is 23.0 Å². The van der Waals surface area contributed by atoms with Gasteiger partial charge in [-0.25, -0.2) is 9.97 Å². The third-order valence-corrected chi connectivity index (χ3v) is 13.3. The predicted octanol–water partition coefficient (Wildman–Crippen LogP) is 13.6. The molecular formula is C58H48N10O2. The Bertz CT molecular complexity index is 3540. The van der Waals surface area contributed by atoms with Crippen LogP contribution in [0.15, 0.2) is 207 Å². The lowest BCUT2D eigenvalue weighted by molar-refractivity contribution is 0.482. The van der Waals surface area contributed by atoms with E-state index in [4.69, 9.17) is 23.6 Å². The average molecular weight is 920 g/mol. The number of aromatic nitrogens is 2. The van der Waals surface area contributed by atoms with Crippen LogP contribution in [0, 0.1) is 0 Å². The molecule has 12 heteroatoms. The summed E-state index contributed by atoms with van der Waals surface area (Å²) < 4.78 is 37.5. The van der Waals surface area contributed by atoms with Crippen LogP contribution >= 0.6 is 0 Å². The van der Waals surface area contributed by atoms with Gasteiger partial charge in [-0.2, -0.15) is 0 Å². The summed E-state index contributed by atoms with van der Waals surface area (Å²) >= 11 is 0. The molecule has 0 amide bonds. The van der Waals surface area contributed by atoms with Gasteiger partial charge in [0.05, 0.1) is 71.2 Å². The molecule has 70 heavy (non-hydrogen) atoms. The molecule has 0 N–H and O–H groups in total. The van der Waals surface area contributed by atoms with E-state index in [2.05, 4.69) is 127 Å². The normalized spacial score (nSPS) is 15.4. The lowest BCUT2D eigenvalue weighted by Gasteiger charge is -2.23. The van der Waals surface area contributed by atoms with Crippen LogP contribution in [-0.2, 0) is 0 Å². The lowest BCUT2D eigenvalue weighted by Crippen LogP contribution is -2.26. The number of ether oxygens (including phenoxy) is 2. The topological polar surface area (TPSA) is 70.2 Å². The Morgan fingerprint density at radius 3 is 1.00 bits per heavy atom. The Morgan fingerprint density at radius 1 is 0.343 bits per heavy atom. The quantitative estimate of drug-likeness (QED) is 0.131. The van der Waals surface area contributed by atoms with E-state index in [0.717, 1.165) is 81.0 Å². The molecule has 0 radical (unpaired) electrons. The molecule has 0 spiro atoms. The van der Waals surface area contributed by atoms with E-state index in [1.807, 2.05) is 120 Å². The second-order valence-corrected chi connectivity index (χ2v) is 17.6. The molecule has 0 saturated carbocycles. The van der Waals surface area contributed by atoms with Crippen molar-refractivity contribution in [2.24, 2.45) is 0 Å². The van der Waals surface area contributed by atoms with Crippen molar-refractivity contribution in [1.29, 1.82) is 0 Å². The number of para-hydroxylation sites is 8. The molecular weight excluding hydrogens is 869 g/mol. The minimum atomic E-state index is -2.27. The van der Waals surface area contributed by atoms with Gasteiger partial charge in [0, 0.05) is 65.2 Å². The summed E-state index contributed by atoms with van der Waals surface area (Å²) in [6, 6.07) is 65.0. The van der Waals surface area contributed by atoms with Crippen LogP contribution in [0.4, 0.5) is 79.9 Å². The molecule has 0 fully saturated rings. The van der Waals surface area contributed by atoms with Gasteiger partial charge in [-0.15, -0.1) is 0 Å². The van der Waals surface area contributed by atoms with Crippen LogP contribution in [0.1, 0.15) is 4.11 Å². The zero-order valence-electron chi connectivity index (χ0n) is 41.2. The number of benzene rings is 8. The molecule has 0 aliphatic carbocycles. The second-order valence-electron chi connectivity index (χ2n) is 17.6. The first-order valence-corrected chi connectivity index (χ1v) is 23.3. The summed E-state index contributed by atoms with van der Waals surface area (Å²) in [7, 11) is 2.12. The number of fused-ring (bicyclic) bond motifs is 4. The van der Waals surface area contributed by atoms with Crippen molar-refractivity contribution in [3.63, 3.8) is 0 Å². The van der Waals surface area contributed by atoms with E-state index in [1.54, 1.807) is 0 Å². The smallest absolute Gasteiger partial charge is 0.153 e. The molecule has 0 atom stereocenters. The maximum Gasteiger partial charge on any atom is 0.153 e. The summed E-state index contributed by atoms with van der Waals surface area (Å²) in [5, 5.41) is 0. The van der Waals surface area contributed by atoms with Gasteiger partial charge < -0.3 is 48.7 Å². The van der Waals surface area contributed by atoms with Crippen molar-refractivity contribution in [2.45, 2.75) is 0 Å². The average Bonchev–Trinajstić information content (AvgIpc) is 4.20. The summed E-state index contributed by atoms with van der Waals surface area (Å²) in [6.07, 6.45) is 3.71. The fourth-order valence-electron chi connectivity index (χ4n) is 10.0. The van der Waals surface area contributed by atoms with Crippen LogP contribution in [0.3, 0.4) is 0 Å². The molecule has 9 aromatic rings. The van der Waals surface area contributed by atoms with Crippen molar-refractivity contribution in [2.75, 3.05) is 79.9 Å². The first kappa shape index (κ1) is 37.9. The van der Waals surface area contributed by atoms with Crippen LogP contribution < -0.4 is 48.7 Å². The minimum Gasteiger partial charge on any atom is -0.457 e. The Hall–Kier alpha value is -9.16. The van der Waals surface area contributed by atoms with Crippen LogP contribution in [0.2, 0.25) is 0 Å². The molecule has 4 aliphatic rings. The highest BCUT2D eigenvalue weighted by Gasteiger charge is 2.32. The maximum atomic E-state index is 8.14. The number of anilines is 14. The van der Waals surface area contributed by atoms with Gasteiger partial charge in [0.25, 0.3) is 0 Å². The molecule has 0 bridgehead atoms. The first-order chi connectivity index (χ1) is 35.7. The Labute approximate surface area is 411 Å². The van der Waals surface area contributed by atoms with Crippen molar-refractivity contribution in [3.05, 3.63) is 207 Å². The summed E-state index contributed by atoms with van der Waals surface area (Å²) in [5.74, 6) is 4.28. The van der Waals surface area contributed by atoms with Gasteiger partial charge in [0.2, 0.25) is 0 Å². The highest BCUT2D eigenvalue weighted by molar-refractivity contribution is 5.89. The molecule has 4 aliphatic heterocycles. The van der Waals surface area contributed by atoms with Gasteiger partial charge in [0.15, 0.2) is 11.6 Å². The van der Waals surface area contributed by atoms with E-state index >= 15 is 0 Å². The fraction of sp³-hybridized carbons (Fsp3) is 0.103. The number of rotatable bonds is 10. The SMILES string of the molecule is [2H]C([2H])([2H])N1CN(c2cccc(Oc3cccc(N4CN(c5cnc(N6CN(c7cccc(Oc8cccc(N9CN(C)c%10ccccc%109)c8)c7)c7ccccc76)cn5)c5ccccc54)c3)c2)c2ccccc21. The van der Waals surface area contributed by atoms with Crippen LogP contribution in [-0.4, -0.2) is 50.7 Å². The number of hydrogen-bond acceptors (Lipinski definition) is 12. The highest BCUT2D eigenvalue weighted by Crippen LogP contribution is 2.48. The number of nitrogens with zero attached hydrogens (tertiary/aromatic N) is 10. The van der Waals surface area contributed by atoms with Gasteiger partial charge >= 0.3 is 0 Å². The number of hydrogen-bond donors (Lipinski definition) is 0. The zero-order chi connectivity index (χ0) is 49.2. The molecule has 0 saturated heterocycles. The molecule has 0 unspecified atom stereocenters. The largest absolute Gasteiger partial charge is 0.457 e. The van der Waals surface area contributed by atoms with E-state index in [0.29, 0.717) is 30.5 Å². The minimum absolute atomic E-state index is 0.203. The van der Waals surface area contributed by atoms with Gasteiger partial charge in [-0.05, 0) is 97.1 Å². The van der Waals surface area contributed by atoms with Crippen molar-refractivity contribution < 1.29 is 13.6 Å². The Morgan fingerprint density at radius 2 is 0.643 bits per heavy atom. The maximum absolute atomic E-state index is 8.14. The molecule has 12 nitrogen and oxygen atoms in total. The molecule has 8 aromatic carbocycles. The molecule has 5 heterocycles. The molecule has 342 valence electrons. The summed E-state index contributed by atoms with van der Waals surface area (Å²) in [6.45, 7) is -0.263. The van der Waals surface area contributed by atoms with Crippen molar-refractivity contribution >= 4 is 79.9 Å². The van der Waals surface area contributed by atoms with E-state index < -0.39 is 6.98 Å².